The Morgan fingerprint density at radius 3 is 2.58 bits per heavy atom. The Kier molecular flexibility index (Phi) is 7.86. The van der Waals surface area contributed by atoms with Crippen LogP contribution in [0, 0.1) is 10.1 Å². The van der Waals surface area contributed by atoms with Gasteiger partial charge in [-0.3, -0.25) is 14.9 Å². The van der Waals surface area contributed by atoms with Crippen LogP contribution in [0.2, 0.25) is 5.02 Å². The minimum Gasteiger partial charge on any atom is -0.460 e. The van der Waals surface area contributed by atoms with Gasteiger partial charge in [0.05, 0.1) is 17.1 Å². The number of ether oxygens (including phenoxy) is 2. The van der Waals surface area contributed by atoms with Crippen LogP contribution in [0.3, 0.4) is 0 Å². The lowest BCUT2D eigenvalue weighted by molar-refractivity contribution is -0.384. The summed E-state index contributed by atoms with van der Waals surface area (Å²) in [4.78, 5) is 37.8. The van der Waals surface area contributed by atoms with E-state index < -0.39 is 16.8 Å². The van der Waals surface area contributed by atoms with E-state index in [1.807, 2.05) is 19.1 Å². The Balaban J connectivity index is 1.74. The van der Waals surface area contributed by atoms with Crippen LogP contribution < -0.4 is 5.32 Å². The number of nitro benzene ring substituents is 1. The molecule has 9 heteroatoms. The number of allylic oxidation sites excluding steroid dienone is 3. The number of carbonyl (C=O) groups excluding carboxylic acids is 2. The lowest BCUT2D eigenvalue weighted by Gasteiger charge is -2.36. The summed E-state index contributed by atoms with van der Waals surface area (Å²) in [6, 6.07) is 13.5. The molecule has 1 N–H and O–H groups in total. The average Bonchev–Trinajstić information content (AvgIpc) is 2.86. The Labute approximate surface area is 214 Å². The molecule has 0 saturated carbocycles. The van der Waals surface area contributed by atoms with E-state index in [4.69, 9.17) is 21.1 Å². The highest BCUT2D eigenvalue weighted by atomic mass is 35.5. The van der Waals surface area contributed by atoms with E-state index >= 15 is 0 Å². The predicted octanol–water partition coefficient (Wildman–Crippen LogP) is 5.19. The molecule has 2 atom stereocenters. The molecule has 0 unspecified atom stereocenters. The van der Waals surface area contributed by atoms with Gasteiger partial charge < -0.3 is 14.8 Å². The van der Waals surface area contributed by atoms with Crippen molar-refractivity contribution in [2.45, 2.75) is 38.5 Å². The topological polar surface area (TPSA) is 108 Å². The fourth-order valence-electron chi connectivity index (χ4n) is 4.85. The summed E-state index contributed by atoms with van der Waals surface area (Å²) in [6.07, 6.45) is 0.803. The lowest BCUT2D eigenvalue weighted by atomic mass is 9.71. The average molecular weight is 511 g/mol. The Morgan fingerprint density at radius 2 is 1.89 bits per heavy atom. The van der Waals surface area contributed by atoms with Crippen LogP contribution in [0.25, 0.3) is 0 Å². The van der Waals surface area contributed by atoms with Gasteiger partial charge in [-0.1, -0.05) is 35.9 Å². The fraction of sp³-hybridized carbons (Fsp3) is 0.333. The molecule has 0 radical (unpaired) electrons. The van der Waals surface area contributed by atoms with Crippen LogP contribution in [-0.2, 0) is 19.1 Å². The lowest BCUT2D eigenvalue weighted by Crippen LogP contribution is -2.36. The van der Waals surface area contributed by atoms with Crippen LogP contribution in [0.15, 0.2) is 71.1 Å². The molecule has 1 heterocycles. The van der Waals surface area contributed by atoms with Crippen molar-refractivity contribution in [1.29, 1.82) is 0 Å². The van der Waals surface area contributed by atoms with Gasteiger partial charge in [0.1, 0.15) is 6.61 Å². The first-order valence-electron chi connectivity index (χ1n) is 11.8. The number of nitrogens with one attached hydrogen (secondary N) is 1. The molecule has 2 aliphatic rings. The first-order valence-corrected chi connectivity index (χ1v) is 12.2. The Bertz CT molecular complexity index is 1250. The maximum Gasteiger partial charge on any atom is 0.336 e. The zero-order valence-electron chi connectivity index (χ0n) is 20.1. The minimum atomic E-state index is -0.778. The van der Waals surface area contributed by atoms with Gasteiger partial charge in [-0.15, -0.1) is 0 Å². The van der Waals surface area contributed by atoms with E-state index in [0.717, 1.165) is 5.56 Å². The van der Waals surface area contributed by atoms with Crippen LogP contribution in [0.5, 0.6) is 0 Å². The van der Waals surface area contributed by atoms with E-state index in [9.17, 15) is 19.7 Å². The van der Waals surface area contributed by atoms with Gasteiger partial charge in [-0.2, -0.15) is 0 Å². The number of ketones is 1. The van der Waals surface area contributed by atoms with E-state index in [1.54, 1.807) is 31.2 Å². The molecule has 0 fully saturated rings. The quantitative estimate of drug-likeness (QED) is 0.225. The molecule has 4 rings (SSSR count). The third-order valence-electron chi connectivity index (χ3n) is 6.47. The summed E-state index contributed by atoms with van der Waals surface area (Å²) >= 11 is 6.04. The van der Waals surface area contributed by atoms with Crippen molar-refractivity contribution in [2.24, 2.45) is 0 Å². The van der Waals surface area contributed by atoms with E-state index in [1.165, 1.54) is 12.1 Å². The summed E-state index contributed by atoms with van der Waals surface area (Å²) in [5.41, 5.74) is 3.36. The van der Waals surface area contributed by atoms with Crippen molar-refractivity contribution < 1.29 is 24.0 Å². The number of hydrogen-bond donors (Lipinski definition) is 1. The van der Waals surface area contributed by atoms with Crippen molar-refractivity contribution in [3.63, 3.8) is 0 Å². The molecule has 8 nitrogen and oxygen atoms in total. The molecule has 0 saturated heterocycles. The summed E-state index contributed by atoms with van der Waals surface area (Å²) < 4.78 is 10.7. The number of nitro groups is 1. The normalized spacial score (nSPS) is 19.6. The molecule has 2 aromatic carbocycles. The van der Waals surface area contributed by atoms with Crippen LogP contribution in [0.1, 0.15) is 49.7 Å². The molecule has 2 aromatic rings. The van der Waals surface area contributed by atoms with Gasteiger partial charge in [-0.05, 0) is 49.4 Å². The molecular weight excluding hydrogens is 484 g/mol. The van der Waals surface area contributed by atoms with Gasteiger partial charge in [0.25, 0.3) is 5.69 Å². The maximum absolute atomic E-state index is 13.6. The highest BCUT2D eigenvalue weighted by Gasteiger charge is 2.41. The summed E-state index contributed by atoms with van der Waals surface area (Å²) in [5, 5.41) is 15.4. The molecule has 0 bridgehead atoms. The van der Waals surface area contributed by atoms with Gasteiger partial charge in [0.2, 0.25) is 0 Å². The third kappa shape index (κ3) is 5.34. The van der Waals surface area contributed by atoms with E-state index in [2.05, 4.69) is 5.32 Å². The Morgan fingerprint density at radius 1 is 1.14 bits per heavy atom. The van der Waals surface area contributed by atoms with Gasteiger partial charge in [-0.25, -0.2) is 4.79 Å². The first-order chi connectivity index (χ1) is 17.3. The van der Waals surface area contributed by atoms with Crippen molar-refractivity contribution in [3.05, 3.63) is 97.3 Å². The summed E-state index contributed by atoms with van der Waals surface area (Å²) in [6.45, 7) is 4.40. The first kappa shape index (κ1) is 25.6. The van der Waals surface area contributed by atoms with Gasteiger partial charge >= 0.3 is 5.97 Å². The summed E-state index contributed by atoms with van der Waals surface area (Å²) in [5.74, 6) is -1.54. The Hall–Kier alpha value is -3.49. The molecule has 1 aliphatic carbocycles. The minimum absolute atomic E-state index is 0.0562. The van der Waals surface area contributed by atoms with Gasteiger partial charge in [0, 0.05) is 53.1 Å². The van der Waals surface area contributed by atoms with Crippen molar-refractivity contribution in [1.82, 2.24) is 5.32 Å². The van der Waals surface area contributed by atoms with E-state index in [0.29, 0.717) is 40.6 Å². The van der Waals surface area contributed by atoms with Crippen LogP contribution in [0.4, 0.5) is 5.69 Å². The second-order valence-corrected chi connectivity index (χ2v) is 9.19. The highest BCUT2D eigenvalue weighted by molar-refractivity contribution is 6.30. The monoisotopic (exact) mass is 510 g/mol. The number of Topliss-reactive ketones (excluding diaryl/α,β-unsaturated/α-hetero) is 1. The highest BCUT2D eigenvalue weighted by Crippen LogP contribution is 2.46. The maximum atomic E-state index is 13.6. The van der Waals surface area contributed by atoms with Crippen LogP contribution >= 0.6 is 11.6 Å². The number of carbonyl (C=O) groups is 2. The van der Waals surface area contributed by atoms with Gasteiger partial charge in [0.15, 0.2) is 5.78 Å². The standard InChI is InChI=1S/C27H27ClN2O6/c1-3-35-11-12-36-27(32)24-16(2)29-22-14-19(17-7-9-20(28)10-8-17)15-23(31)26(22)25(24)18-5-4-6-21(13-18)30(33)34/h4-10,13,19,25,29H,3,11-12,14-15H2,1-2H3/t19-,25-/m0/s1. The number of nitrogens with zero attached hydrogens (tertiary/aromatic N) is 1. The smallest absolute Gasteiger partial charge is 0.336 e. The number of benzene rings is 2. The SMILES string of the molecule is CCOCCOC(=O)C1=C(C)NC2=C(C(=O)C[C@@H](c3ccc(Cl)cc3)C2)[C@H]1c1cccc([N+](=O)[O-])c1. The van der Waals surface area contributed by atoms with Crippen molar-refractivity contribution in [2.75, 3.05) is 19.8 Å². The second kappa shape index (κ2) is 11.1. The molecule has 0 spiro atoms. The predicted molar refractivity (Wildman–Crippen MR) is 135 cm³/mol. The number of esters is 1. The second-order valence-electron chi connectivity index (χ2n) is 8.75. The van der Waals surface area contributed by atoms with Crippen molar-refractivity contribution in [3.8, 4) is 0 Å². The zero-order valence-corrected chi connectivity index (χ0v) is 20.8. The molecule has 188 valence electrons. The molecule has 36 heavy (non-hydrogen) atoms. The number of non-ortho nitro benzene ring substituents is 1. The van der Waals surface area contributed by atoms with Crippen LogP contribution in [-0.4, -0.2) is 36.5 Å². The molecular formula is C27H27ClN2O6. The number of hydrogen-bond acceptors (Lipinski definition) is 7. The number of halogens is 1. The number of dihydropyridines is 1. The molecule has 1 aliphatic heterocycles. The van der Waals surface area contributed by atoms with E-state index in [-0.39, 0.29) is 42.6 Å². The molecule has 0 aromatic heterocycles. The zero-order chi connectivity index (χ0) is 25.8. The fourth-order valence-corrected chi connectivity index (χ4v) is 4.97. The third-order valence-corrected chi connectivity index (χ3v) is 6.72. The number of rotatable bonds is 8. The van der Waals surface area contributed by atoms with Crippen molar-refractivity contribution >= 4 is 29.0 Å². The summed E-state index contributed by atoms with van der Waals surface area (Å²) in [7, 11) is 0. The molecule has 0 amide bonds. The largest absolute Gasteiger partial charge is 0.460 e.